The molecule has 0 unspecified atom stereocenters. The first kappa shape index (κ1) is 10.7. The number of nitrogens with zero attached hydrogens (tertiary/aromatic N) is 1. The summed E-state index contributed by atoms with van der Waals surface area (Å²) in [5, 5.41) is 2.51. The number of benzene rings is 1. The molecule has 0 N–H and O–H groups in total. The zero-order chi connectivity index (χ0) is 11.0. The summed E-state index contributed by atoms with van der Waals surface area (Å²) in [7, 11) is 0. The molecule has 1 nitrogen and oxygen atoms in total. The first-order valence-corrected chi connectivity index (χ1v) is 5.59. The second-order valence-corrected chi connectivity index (χ2v) is 4.68. The first-order chi connectivity index (χ1) is 7.09. The fourth-order valence-corrected chi connectivity index (χ4v) is 2.29. The van der Waals surface area contributed by atoms with Crippen molar-refractivity contribution < 1.29 is 0 Å². The molecule has 2 rings (SSSR count). The Labute approximate surface area is 99.0 Å². The fraction of sp³-hybridized carbons (Fsp3) is 0.250. The summed E-state index contributed by atoms with van der Waals surface area (Å²) in [6.45, 7) is 4.24. The number of pyridine rings is 1. The van der Waals surface area contributed by atoms with Gasteiger partial charge >= 0.3 is 0 Å². The minimum atomic E-state index is 0.379. The molecule has 0 saturated heterocycles. The standard InChI is InChI=1S/C12H11Cl2N/c1-7(2)12-9-4-3-8(13)5-11(9)15-6-10(12)14/h3-7H,1-2H3. The Morgan fingerprint density at radius 3 is 2.60 bits per heavy atom. The number of halogens is 2. The third-order valence-electron chi connectivity index (χ3n) is 2.40. The van der Waals surface area contributed by atoms with Crippen LogP contribution in [0, 0.1) is 0 Å². The summed E-state index contributed by atoms with van der Waals surface area (Å²) in [6.07, 6.45) is 1.69. The minimum absolute atomic E-state index is 0.379. The normalized spacial score (nSPS) is 11.3. The van der Waals surface area contributed by atoms with E-state index in [0.717, 1.165) is 21.5 Å². The first-order valence-electron chi connectivity index (χ1n) is 4.83. The van der Waals surface area contributed by atoms with Gasteiger partial charge in [-0.15, -0.1) is 0 Å². The maximum absolute atomic E-state index is 6.14. The van der Waals surface area contributed by atoms with Gasteiger partial charge in [-0.25, -0.2) is 0 Å². The fourth-order valence-electron chi connectivity index (χ4n) is 1.75. The van der Waals surface area contributed by atoms with Gasteiger partial charge in [0.25, 0.3) is 0 Å². The van der Waals surface area contributed by atoms with Gasteiger partial charge in [-0.3, -0.25) is 4.98 Å². The second-order valence-electron chi connectivity index (χ2n) is 3.84. The lowest BCUT2D eigenvalue weighted by Crippen LogP contribution is -1.93. The van der Waals surface area contributed by atoms with Crippen LogP contribution < -0.4 is 0 Å². The molecule has 1 aromatic carbocycles. The predicted molar refractivity (Wildman–Crippen MR) is 65.9 cm³/mol. The second kappa shape index (κ2) is 3.99. The van der Waals surface area contributed by atoms with Gasteiger partial charge in [0.15, 0.2) is 0 Å². The van der Waals surface area contributed by atoms with Crippen LogP contribution in [0.3, 0.4) is 0 Å². The lowest BCUT2D eigenvalue weighted by molar-refractivity contribution is 0.874. The molecule has 1 aromatic heterocycles. The molecule has 1 heterocycles. The summed E-state index contributed by atoms with van der Waals surface area (Å²) in [4.78, 5) is 4.27. The van der Waals surface area contributed by atoms with Gasteiger partial charge in [0, 0.05) is 16.6 Å². The molecule has 78 valence electrons. The minimum Gasteiger partial charge on any atom is -0.255 e. The van der Waals surface area contributed by atoms with Crippen LogP contribution in [0.1, 0.15) is 25.3 Å². The third-order valence-corrected chi connectivity index (χ3v) is 2.94. The van der Waals surface area contributed by atoms with Gasteiger partial charge in [-0.1, -0.05) is 43.1 Å². The third kappa shape index (κ3) is 1.95. The molecule has 0 bridgehead atoms. The van der Waals surface area contributed by atoms with E-state index in [9.17, 15) is 0 Å². The van der Waals surface area contributed by atoms with Crippen molar-refractivity contribution in [3.05, 3.63) is 40.0 Å². The van der Waals surface area contributed by atoms with Crippen LogP contribution in [0.4, 0.5) is 0 Å². The van der Waals surface area contributed by atoms with Crippen LogP contribution in [-0.2, 0) is 0 Å². The Kier molecular flexibility index (Phi) is 2.85. The van der Waals surface area contributed by atoms with E-state index >= 15 is 0 Å². The summed E-state index contributed by atoms with van der Waals surface area (Å²) in [5.74, 6) is 0.379. The number of aromatic nitrogens is 1. The maximum Gasteiger partial charge on any atom is 0.0720 e. The molecule has 0 amide bonds. The summed E-state index contributed by atoms with van der Waals surface area (Å²) in [6, 6.07) is 5.71. The highest BCUT2D eigenvalue weighted by atomic mass is 35.5. The summed E-state index contributed by atoms with van der Waals surface area (Å²) < 4.78 is 0. The average molecular weight is 240 g/mol. The van der Waals surface area contributed by atoms with Gasteiger partial charge in [0.2, 0.25) is 0 Å². The van der Waals surface area contributed by atoms with Gasteiger partial charge in [-0.2, -0.15) is 0 Å². The molecule has 2 aromatic rings. The zero-order valence-corrected chi connectivity index (χ0v) is 10.1. The van der Waals surface area contributed by atoms with Gasteiger partial charge in [0.05, 0.1) is 10.5 Å². The topological polar surface area (TPSA) is 12.9 Å². The van der Waals surface area contributed by atoms with Crippen molar-refractivity contribution in [3.8, 4) is 0 Å². The van der Waals surface area contributed by atoms with E-state index in [4.69, 9.17) is 23.2 Å². The van der Waals surface area contributed by atoms with E-state index in [1.54, 1.807) is 6.20 Å². The Balaban J connectivity index is 2.82. The molecule has 0 radical (unpaired) electrons. The van der Waals surface area contributed by atoms with Gasteiger partial charge in [-0.05, 0) is 23.6 Å². The Hall–Kier alpha value is -0.790. The highest BCUT2D eigenvalue weighted by molar-refractivity contribution is 6.33. The van der Waals surface area contributed by atoms with E-state index in [2.05, 4.69) is 18.8 Å². The SMILES string of the molecule is CC(C)c1c(Cl)cnc2cc(Cl)ccc12. The Morgan fingerprint density at radius 2 is 1.93 bits per heavy atom. The lowest BCUT2D eigenvalue weighted by atomic mass is 9.99. The number of fused-ring (bicyclic) bond motifs is 1. The van der Waals surface area contributed by atoms with E-state index in [1.165, 1.54) is 0 Å². The van der Waals surface area contributed by atoms with Crippen molar-refractivity contribution in [2.24, 2.45) is 0 Å². The van der Waals surface area contributed by atoms with Crippen LogP contribution in [0.15, 0.2) is 24.4 Å². The van der Waals surface area contributed by atoms with Crippen LogP contribution in [0.2, 0.25) is 10.0 Å². The smallest absolute Gasteiger partial charge is 0.0720 e. The van der Waals surface area contributed by atoms with Crippen LogP contribution >= 0.6 is 23.2 Å². The number of hydrogen-bond donors (Lipinski definition) is 0. The highest BCUT2D eigenvalue weighted by Gasteiger charge is 2.10. The van der Waals surface area contributed by atoms with Crippen molar-refractivity contribution in [2.45, 2.75) is 19.8 Å². The molecule has 0 saturated carbocycles. The largest absolute Gasteiger partial charge is 0.255 e. The Bertz CT molecular complexity index is 506. The average Bonchev–Trinajstić information content (AvgIpc) is 2.17. The molecule has 0 aliphatic rings. The molecular formula is C12H11Cl2N. The zero-order valence-electron chi connectivity index (χ0n) is 8.59. The molecule has 3 heteroatoms. The summed E-state index contributed by atoms with van der Waals surface area (Å²) >= 11 is 12.1. The van der Waals surface area contributed by atoms with Crippen LogP contribution in [0.5, 0.6) is 0 Å². The predicted octanol–water partition coefficient (Wildman–Crippen LogP) is 4.67. The van der Waals surface area contributed by atoms with Crippen LogP contribution in [0.25, 0.3) is 10.9 Å². The van der Waals surface area contributed by atoms with Crippen molar-refractivity contribution in [1.82, 2.24) is 4.98 Å². The number of rotatable bonds is 1. The lowest BCUT2D eigenvalue weighted by Gasteiger charge is -2.11. The Morgan fingerprint density at radius 1 is 1.20 bits per heavy atom. The van der Waals surface area contributed by atoms with Crippen molar-refractivity contribution >= 4 is 34.1 Å². The maximum atomic E-state index is 6.14. The molecule has 0 spiro atoms. The van der Waals surface area contributed by atoms with E-state index < -0.39 is 0 Å². The van der Waals surface area contributed by atoms with Crippen molar-refractivity contribution in [3.63, 3.8) is 0 Å². The molecular weight excluding hydrogens is 229 g/mol. The summed E-state index contributed by atoms with van der Waals surface area (Å²) in [5.41, 5.74) is 2.04. The van der Waals surface area contributed by atoms with Crippen molar-refractivity contribution in [1.29, 1.82) is 0 Å². The molecule has 0 fully saturated rings. The van der Waals surface area contributed by atoms with Gasteiger partial charge < -0.3 is 0 Å². The molecule has 15 heavy (non-hydrogen) atoms. The van der Waals surface area contributed by atoms with Crippen LogP contribution in [-0.4, -0.2) is 4.98 Å². The quantitative estimate of drug-likeness (QED) is 0.706. The molecule has 0 aliphatic heterocycles. The number of hydrogen-bond acceptors (Lipinski definition) is 1. The highest BCUT2D eigenvalue weighted by Crippen LogP contribution is 2.31. The van der Waals surface area contributed by atoms with E-state index in [1.807, 2.05) is 18.2 Å². The monoisotopic (exact) mass is 239 g/mol. The molecule has 0 aliphatic carbocycles. The molecule has 0 atom stereocenters. The van der Waals surface area contributed by atoms with E-state index in [-0.39, 0.29) is 0 Å². The van der Waals surface area contributed by atoms with E-state index in [0.29, 0.717) is 10.9 Å². The van der Waals surface area contributed by atoms with Crippen molar-refractivity contribution in [2.75, 3.05) is 0 Å². The van der Waals surface area contributed by atoms with Gasteiger partial charge in [0.1, 0.15) is 0 Å².